The Labute approximate surface area is 126 Å². The van der Waals surface area contributed by atoms with Crippen molar-refractivity contribution in [2.75, 3.05) is 26.2 Å². The van der Waals surface area contributed by atoms with E-state index >= 15 is 0 Å². The van der Waals surface area contributed by atoms with E-state index in [1.165, 1.54) is 5.56 Å². The molecule has 0 unspecified atom stereocenters. The predicted octanol–water partition coefficient (Wildman–Crippen LogP) is 1.92. The summed E-state index contributed by atoms with van der Waals surface area (Å²) in [6.07, 6.45) is 4.02. The van der Waals surface area contributed by atoms with Crippen LogP contribution >= 0.6 is 0 Å². The number of nitrogens with zero attached hydrogens (tertiary/aromatic N) is 1. The summed E-state index contributed by atoms with van der Waals surface area (Å²) in [6, 6.07) is 10.4. The molecule has 0 bridgehead atoms. The molecule has 0 amide bonds. The molecule has 0 aromatic heterocycles. The Morgan fingerprint density at radius 1 is 1.33 bits per heavy atom. The van der Waals surface area contributed by atoms with Gasteiger partial charge < -0.3 is 10.0 Å². The number of hydrogen-bond donors (Lipinski definition) is 2. The highest BCUT2D eigenvalue weighted by atomic mass is 16.4. The summed E-state index contributed by atoms with van der Waals surface area (Å²) >= 11 is 0. The van der Waals surface area contributed by atoms with Crippen molar-refractivity contribution in [2.45, 2.75) is 24.8 Å². The number of hydrogen-bond acceptors (Lipinski definition) is 3. The fourth-order valence-electron chi connectivity index (χ4n) is 2.82. The van der Waals surface area contributed by atoms with Gasteiger partial charge in [0.25, 0.3) is 0 Å². The van der Waals surface area contributed by atoms with E-state index in [9.17, 15) is 9.90 Å². The predicted molar refractivity (Wildman–Crippen MR) is 84.4 cm³/mol. The van der Waals surface area contributed by atoms with Crippen LogP contribution in [0.5, 0.6) is 0 Å². The average molecular weight is 288 g/mol. The molecule has 4 nitrogen and oxygen atoms in total. The first kappa shape index (κ1) is 15.7. The Morgan fingerprint density at radius 2 is 2.00 bits per heavy atom. The number of aliphatic carboxylic acids is 1. The number of benzene rings is 1. The number of rotatable bonds is 7. The van der Waals surface area contributed by atoms with Gasteiger partial charge in [0.2, 0.25) is 0 Å². The fraction of sp³-hybridized carbons (Fsp3) is 0.471. The summed E-state index contributed by atoms with van der Waals surface area (Å²) in [7, 11) is 0. The largest absolute Gasteiger partial charge is 0.480 e. The normalized spacial score (nSPS) is 18.3. The number of carboxylic acid groups (broad SMARTS) is 1. The standard InChI is InChI=1S/C17H24N2O2/c1-2-11-18-17(16(20)21)9-13-19(14-10-17)12-8-15-6-4-3-5-7-15/h2-7,18H,1,8-14H2,(H,20,21). The van der Waals surface area contributed by atoms with Crippen molar-refractivity contribution in [3.63, 3.8) is 0 Å². The van der Waals surface area contributed by atoms with E-state index in [2.05, 4.69) is 41.1 Å². The molecule has 1 fully saturated rings. The summed E-state index contributed by atoms with van der Waals surface area (Å²) in [5.41, 5.74) is 0.551. The molecule has 1 aliphatic heterocycles. The first-order valence-electron chi connectivity index (χ1n) is 7.52. The zero-order chi connectivity index (χ0) is 15.1. The van der Waals surface area contributed by atoms with Gasteiger partial charge in [-0.3, -0.25) is 10.1 Å². The second kappa shape index (κ2) is 7.38. The fourth-order valence-corrected chi connectivity index (χ4v) is 2.82. The van der Waals surface area contributed by atoms with Crippen molar-refractivity contribution < 1.29 is 9.90 Å². The molecule has 0 aliphatic carbocycles. The number of nitrogens with one attached hydrogen (secondary N) is 1. The van der Waals surface area contributed by atoms with Gasteiger partial charge in [-0.15, -0.1) is 6.58 Å². The van der Waals surface area contributed by atoms with Gasteiger partial charge in [0.05, 0.1) is 0 Å². The van der Waals surface area contributed by atoms with E-state index in [0.29, 0.717) is 19.4 Å². The van der Waals surface area contributed by atoms with Gasteiger partial charge in [0.15, 0.2) is 0 Å². The molecule has 114 valence electrons. The van der Waals surface area contributed by atoms with Crippen LogP contribution in [-0.2, 0) is 11.2 Å². The maximum atomic E-state index is 11.6. The Kier molecular flexibility index (Phi) is 5.53. The lowest BCUT2D eigenvalue weighted by Gasteiger charge is -2.39. The lowest BCUT2D eigenvalue weighted by molar-refractivity contribution is -0.147. The van der Waals surface area contributed by atoms with Crippen LogP contribution in [0.2, 0.25) is 0 Å². The Hall–Kier alpha value is -1.65. The van der Waals surface area contributed by atoms with Crippen LogP contribution in [0.15, 0.2) is 43.0 Å². The van der Waals surface area contributed by atoms with Crippen LogP contribution in [0.4, 0.5) is 0 Å². The monoisotopic (exact) mass is 288 g/mol. The molecule has 1 saturated heterocycles. The molecule has 2 rings (SSSR count). The summed E-state index contributed by atoms with van der Waals surface area (Å²) in [5.74, 6) is -0.743. The van der Waals surface area contributed by atoms with E-state index in [-0.39, 0.29) is 0 Å². The first-order chi connectivity index (χ1) is 10.2. The Morgan fingerprint density at radius 3 is 2.57 bits per heavy atom. The lowest BCUT2D eigenvalue weighted by Crippen LogP contribution is -2.58. The van der Waals surface area contributed by atoms with Gasteiger partial charge in [-0.2, -0.15) is 0 Å². The van der Waals surface area contributed by atoms with Crippen LogP contribution in [0.3, 0.4) is 0 Å². The molecular formula is C17H24N2O2. The zero-order valence-electron chi connectivity index (χ0n) is 12.4. The minimum atomic E-state index is -0.780. The minimum Gasteiger partial charge on any atom is -0.480 e. The summed E-state index contributed by atoms with van der Waals surface area (Å²) in [5, 5.41) is 12.6. The molecule has 0 spiro atoms. The van der Waals surface area contributed by atoms with Gasteiger partial charge in [-0.1, -0.05) is 36.4 Å². The molecule has 4 heteroatoms. The molecule has 21 heavy (non-hydrogen) atoms. The third kappa shape index (κ3) is 4.16. The molecule has 1 aromatic carbocycles. The van der Waals surface area contributed by atoms with Gasteiger partial charge in [0.1, 0.15) is 5.54 Å². The van der Waals surface area contributed by atoms with Gasteiger partial charge >= 0.3 is 5.97 Å². The van der Waals surface area contributed by atoms with Crippen molar-refractivity contribution in [3.05, 3.63) is 48.6 Å². The smallest absolute Gasteiger partial charge is 0.324 e. The van der Waals surface area contributed by atoms with Crippen LogP contribution in [0.25, 0.3) is 0 Å². The highest BCUT2D eigenvalue weighted by Gasteiger charge is 2.40. The number of likely N-dealkylation sites (tertiary alicyclic amines) is 1. The summed E-state index contributed by atoms with van der Waals surface area (Å²) in [6.45, 7) is 6.82. The molecule has 0 saturated carbocycles. The van der Waals surface area contributed by atoms with Crippen LogP contribution < -0.4 is 5.32 Å². The zero-order valence-corrected chi connectivity index (χ0v) is 12.4. The number of carboxylic acids is 1. The molecular weight excluding hydrogens is 264 g/mol. The summed E-state index contributed by atoms with van der Waals surface area (Å²) < 4.78 is 0. The Bertz CT molecular complexity index is 465. The van der Waals surface area contributed by atoms with E-state index in [1.807, 2.05) is 6.07 Å². The van der Waals surface area contributed by atoms with Crippen molar-refractivity contribution >= 4 is 5.97 Å². The van der Waals surface area contributed by atoms with Crippen LogP contribution in [-0.4, -0.2) is 47.7 Å². The van der Waals surface area contributed by atoms with E-state index in [4.69, 9.17) is 0 Å². The number of carbonyl (C=O) groups is 1. The maximum Gasteiger partial charge on any atom is 0.324 e. The SMILES string of the molecule is C=CCNC1(C(=O)O)CCN(CCc2ccccc2)CC1. The third-order valence-corrected chi connectivity index (χ3v) is 4.26. The maximum absolute atomic E-state index is 11.6. The second-order valence-electron chi connectivity index (χ2n) is 5.63. The van der Waals surface area contributed by atoms with E-state index in [1.54, 1.807) is 6.08 Å². The highest BCUT2D eigenvalue weighted by Crippen LogP contribution is 2.23. The van der Waals surface area contributed by atoms with Crippen molar-refractivity contribution in [1.82, 2.24) is 10.2 Å². The molecule has 1 heterocycles. The van der Waals surface area contributed by atoms with E-state index in [0.717, 1.165) is 26.1 Å². The van der Waals surface area contributed by atoms with Gasteiger partial charge in [-0.05, 0) is 24.8 Å². The average Bonchev–Trinajstić information content (AvgIpc) is 2.53. The van der Waals surface area contributed by atoms with Crippen molar-refractivity contribution in [1.29, 1.82) is 0 Å². The molecule has 0 radical (unpaired) electrons. The second-order valence-corrected chi connectivity index (χ2v) is 5.63. The molecule has 0 atom stereocenters. The number of piperidine rings is 1. The highest BCUT2D eigenvalue weighted by molar-refractivity contribution is 5.79. The van der Waals surface area contributed by atoms with E-state index < -0.39 is 11.5 Å². The molecule has 1 aliphatic rings. The first-order valence-corrected chi connectivity index (χ1v) is 7.52. The lowest BCUT2D eigenvalue weighted by atomic mass is 9.87. The van der Waals surface area contributed by atoms with Crippen molar-refractivity contribution in [3.8, 4) is 0 Å². The van der Waals surface area contributed by atoms with Gasteiger partial charge in [-0.25, -0.2) is 0 Å². The van der Waals surface area contributed by atoms with Crippen LogP contribution in [0, 0.1) is 0 Å². The summed E-state index contributed by atoms with van der Waals surface area (Å²) in [4.78, 5) is 13.9. The Balaban J connectivity index is 1.84. The topological polar surface area (TPSA) is 52.6 Å². The van der Waals surface area contributed by atoms with Gasteiger partial charge in [0, 0.05) is 26.2 Å². The molecule has 1 aromatic rings. The minimum absolute atomic E-state index is 0.538. The molecule has 2 N–H and O–H groups in total. The third-order valence-electron chi connectivity index (χ3n) is 4.26. The van der Waals surface area contributed by atoms with Crippen molar-refractivity contribution in [2.24, 2.45) is 0 Å². The quantitative estimate of drug-likeness (QED) is 0.753. The van der Waals surface area contributed by atoms with Crippen LogP contribution in [0.1, 0.15) is 18.4 Å².